The molecule has 0 spiro atoms. The van der Waals surface area contributed by atoms with Gasteiger partial charge in [-0.25, -0.2) is 23.5 Å². The van der Waals surface area contributed by atoms with Crippen LogP contribution in [0.25, 0.3) is 11.3 Å². The monoisotopic (exact) mass is 563 g/mol. The highest BCUT2D eigenvalue weighted by Gasteiger charge is 2.27. The Morgan fingerprint density at radius 2 is 2.00 bits per heavy atom. The molecule has 1 atom stereocenters. The van der Waals surface area contributed by atoms with E-state index in [1.165, 1.54) is 30.6 Å². The molecule has 1 aromatic heterocycles. The minimum absolute atomic E-state index is 0.0125. The number of nitrogens with two attached hydrogens (primary N) is 1. The number of carbonyl (C=O) groups is 2. The number of hydrogen-bond acceptors (Lipinski definition) is 8. The second-order valence-electron chi connectivity index (χ2n) is 10.4. The summed E-state index contributed by atoms with van der Waals surface area (Å²) in [6.45, 7) is 6.38. The number of aromatic nitrogens is 2. The lowest BCUT2D eigenvalue weighted by atomic mass is 10.00. The summed E-state index contributed by atoms with van der Waals surface area (Å²) in [5.74, 6) is -1.90. The first kappa shape index (κ1) is 28.2. The highest BCUT2D eigenvalue weighted by Crippen LogP contribution is 2.41. The molecule has 1 saturated heterocycles. The van der Waals surface area contributed by atoms with Gasteiger partial charge in [-0.2, -0.15) is 0 Å². The van der Waals surface area contributed by atoms with Crippen molar-refractivity contribution in [2.24, 2.45) is 5.92 Å². The van der Waals surface area contributed by atoms with Gasteiger partial charge < -0.3 is 20.6 Å². The van der Waals surface area contributed by atoms with Crippen molar-refractivity contribution >= 4 is 23.4 Å². The number of hydroxylamine groups is 2. The fourth-order valence-corrected chi connectivity index (χ4v) is 4.96. The zero-order chi connectivity index (χ0) is 29.1. The van der Waals surface area contributed by atoms with E-state index in [9.17, 15) is 18.4 Å². The van der Waals surface area contributed by atoms with Crippen molar-refractivity contribution in [3.8, 4) is 17.0 Å². The normalized spacial score (nSPS) is 17.1. The van der Waals surface area contributed by atoms with Gasteiger partial charge in [-0.05, 0) is 73.9 Å². The molecule has 1 aliphatic heterocycles. The number of nitrogen functional groups attached to an aromatic ring is 1. The minimum Gasteiger partial charge on any atom is -0.487 e. The van der Waals surface area contributed by atoms with Gasteiger partial charge in [0, 0.05) is 36.3 Å². The Balaban J connectivity index is 1.36. The Labute approximate surface area is 236 Å². The molecule has 0 bridgehead atoms. The first-order chi connectivity index (χ1) is 19.7. The second kappa shape index (κ2) is 12.0. The van der Waals surface area contributed by atoms with E-state index < -0.39 is 23.5 Å². The van der Waals surface area contributed by atoms with E-state index >= 15 is 0 Å². The number of nitrogens with zero attached hydrogens (tertiary/aromatic N) is 3. The Morgan fingerprint density at radius 1 is 1.20 bits per heavy atom. The summed E-state index contributed by atoms with van der Waals surface area (Å²) in [4.78, 5) is 38.1. The average molecular weight is 564 g/mol. The van der Waals surface area contributed by atoms with Crippen LogP contribution in [0.1, 0.15) is 53.1 Å². The predicted octanol–water partition coefficient (Wildman–Crippen LogP) is 5.18. The Morgan fingerprint density at radius 3 is 2.73 bits per heavy atom. The van der Waals surface area contributed by atoms with Gasteiger partial charge in [-0.1, -0.05) is 12.6 Å². The number of benzene rings is 2. The van der Waals surface area contributed by atoms with Crippen molar-refractivity contribution < 1.29 is 27.9 Å². The summed E-state index contributed by atoms with van der Waals surface area (Å²) in [6.07, 6.45) is 6.00. The minimum atomic E-state index is -0.692. The van der Waals surface area contributed by atoms with E-state index in [2.05, 4.69) is 21.9 Å². The molecule has 1 unspecified atom stereocenters. The number of rotatable bonds is 9. The van der Waals surface area contributed by atoms with Gasteiger partial charge in [0.15, 0.2) is 11.6 Å². The number of hydrogen-bond donors (Lipinski definition) is 2. The molecule has 1 amide bonds. The van der Waals surface area contributed by atoms with Crippen LogP contribution in [0, 0.1) is 24.5 Å². The number of halogens is 2. The van der Waals surface area contributed by atoms with Crippen molar-refractivity contribution in [3.05, 3.63) is 77.6 Å². The molecular formula is C30H31F2N5O4. The lowest BCUT2D eigenvalue weighted by Crippen LogP contribution is -2.38. The number of piperidine rings is 1. The summed E-state index contributed by atoms with van der Waals surface area (Å²) < 4.78 is 35.7. The summed E-state index contributed by atoms with van der Waals surface area (Å²) in [7, 11) is 0. The Bertz CT molecular complexity index is 1490. The summed E-state index contributed by atoms with van der Waals surface area (Å²) in [6, 6.07) is 7.03. The van der Waals surface area contributed by atoms with Gasteiger partial charge >= 0.3 is 5.97 Å². The van der Waals surface area contributed by atoms with Gasteiger partial charge in [0.1, 0.15) is 23.7 Å². The number of amides is 1. The molecular weight excluding hydrogens is 532 g/mol. The maximum Gasteiger partial charge on any atom is 0.349 e. The third-order valence-electron chi connectivity index (χ3n) is 7.32. The van der Waals surface area contributed by atoms with Gasteiger partial charge in [0.25, 0.3) is 5.91 Å². The number of carbonyl (C=O) groups excluding carboxylic acids is 2. The van der Waals surface area contributed by atoms with E-state index in [4.69, 9.17) is 15.3 Å². The quantitative estimate of drug-likeness (QED) is 0.342. The van der Waals surface area contributed by atoms with E-state index in [1.807, 2.05) is 0 Å². The molecule has 3 aromatic rings. The molecule has 11 heteroatoms. The van der Waals surface area contributed by atoms with Crippen LogP contribution in [0.2, 0.25) is 0 Å². The molecule has 2 heterocycles. The molecule has 0 radical (unpaired) electrons. The third-order valence-corrected chi connectivity index (χ3v) is 7.32. The van der Waals surface area contributed by atoms with Crippen molar-refractivity contribution in [1.29, 1.82) is 0 Å². The predicted molar refractivity (Wildman–Crippen MR) is 149 cm³/mol. The topological polar surface area (TPSA) is 120 Å². The molecule has 9 nitrogen and oxygen atoms in total. The molecule has 1 saturated carbocycles. The fourth-order valence-electron chi connectivity index (χ4n) is 4.96. The van der Waals surface area contributed by atoms with Crippen molar-refractivity contribution in [3.63, 3.8) is 0 Å². The van der Waals surface area contributed by atoms with Gasteiger partial charge in [-0.15, -0.1) is 5.06 Å². The highest BCUT2D eigenvalue weighted by molar-refractivity contribution is 6.05. The van der Waals surface area contributed by atoms with Gasteiger partial charge in [0.05, 0.1) is 12.2 Å². The molecule has 214 valence electrons. The van der Waals surface area contributed by atoms with Crippen LogP contribution in [0.5, 0.6) is 5.75 Å². The Hall–Kier alpha value is -4.38. The molecule has 1 aliphatic carbocycles. The van der Waals surface area contributed by atoms with Crippen molar-refractivity contribution in [2.75, 3.05) is 30.7 Å². The lowest BCUT2D eigenvalue weighted by Gasteiger charge is -2.30. The van der Waals surface area contributed by atoms with Crippen LogP contribution in [-0.4, -0.2) is 46.6 Å². The molecule has 2 aromatic carbocycles. The van der Waals surface area contributed by atoms with E-state index in [0.29, 0.717) is 30.1 Å². The number of nitrogens with one attached hydrogen (secondary N) is 1. The smallest absolute Gasteiger partial charge is 0.349 e. The average Bonchev–Trinajstić information content (AvgIpc) is 3.80. The fraction of sp³-hybridized carbons (Fsp3) is 0.333. The van der Waals surface area contributed by atoms with Crippen molar-refractivity contribution in [2.45, 2.75) is 38.5 Å². The van der Waals surface area contributed by atoms with Gasteiger partial charge in [-0.3, -0.25) is 4.79 Å². The molecule has 41 heavy (non-hydrogen) atoms. The number of ether oxygens (including phenoxy) is 1. The SMILES string of the molecule is C=CC(=O)ON1CCCC(COc2c(N)ncnc2-c2cc(F)cc(NC(=O)c3ccc(C4CC4)cc3F)c2C)C1. The Kier molecular flexibility index (Phi) is 8.25. The lowest BCUT2D eigenvalue weighted by molar-refractivity contribution is -0.193. The third kappa shape index (κ3) is 6.51. The van der Waals surface area contributed by atoms with E-state index in [1.54, 1.807) is 18.1 Å². The van der Waals surface area contributed by atoms with E-state index in [0.717, 1.165) is 37.3 Å². The van der Waals surface area contributed by atoms with Crippen LogP contribution in [0.4, 0.5) is 20.3 Å². The molecule has 2 aliphatic rings. The summed E-state index contributed by atoms with van der Waals surface area (Å²) >= 11 is 0. The molecule has 3 N–H and O–H groups in total. The van der Waals surface area contributed by atoms with Gasteiger partial charge in [0.2, 0.25) is 0 Å². The summed E-state index contributed by atoms with van der Waals surface area (Å²) in [5, 5.41) is 4.21. The number of anilines is 2. The van der Waals surface area contributed by atoms with Crippen LogP contribution in [0.3, 0.4) is 0 Å². The van der Waals surface area contributed by atoms with E-state index in [-0.39, 0.29) is 41.0 Å². The molecule has 2 fully saturated rings. The first-order valence-electron chi connectivity index (χ1n) is 13.5. The maximum atomic E-state index is 14.9. The van der Waals surface area contributed by atoms with Crippen LogP contribution in [-0.2, 0) is 9.63 Å². The zero-order valence-electron chi connectivity index (χ0n) is 22.7. The highest BCUT2D eigenvalue weighted by atomic mass is 19.1. The molecule has 5 rings (SSSR count). The summed E-state index contributed by atoms with van der Waals surface area (Å²) in [5.41, 5.74) is 8.11. The van der Waals surface area contributed by atoms with Crippen LogP contribution >= 0.6 is 0 Å². The second-order valence-corrected chi connectivity index (χ2v) is 10.4. The van der Waals surface area contributed by atoms with Crippen molar-refractivity contribution in [1.82, 2.24) is 15.0 Å². The van der Waals surface area contributed by atoms with Crippen LogP contribution in [0.15, 0.2) is 49.3 Å². The first-order valence-corrected chi connectivity index (χ1v) is 13.5. The zero-order valence-corrected chi connectivity index (χ0v) is 22.7. The van der Waals surface area contributed by atoms with Crippen LogP contribution < -0.4 is 15.8 Å². The largest absolute Gasteiger partial charge is 0.487 e. The standard InChI is InChI=1S/C30H31F2N5O4/c1-3-26(38)41-37-10-4-5-18(14-37)15-40-28-27(34-16-35-29(28)33)23-12-21(31)13-25(17(23)2)36-30(39)22-9-8-20(11-24(22)32)19-6-7-19/h3,8-9,11-13,16,18-19H,1,4-7,10,14-15H2,2H3,(H,36,39)(H2,33,34,35). The maximum absolute atomic E-state index is 14.9.